The lowest BCUT2D eigenvalue weighted by molar-refractivity contribution is 0.0735. The van der Waals surface area contributed by atoms with E-state index in [0.29, 0.717) is 25.3 Å². The molecule has 0 aliphatic carbocycles. The van der Waals surface area contributed by atoms with E-state index in [4.69, 9.17) is 9.47 Å². The molecule has 2 aromatic rings. The third kappa shape index (κ3) is 2.88. The molecule has 1 aromatic carbocycles. The van der Waals surface area contributed by atoms with E-state index >= 15 is 0 Å². The second-order valence-corrected chi connectivity index (χ2v) is 6.42. The molecular formula is C19H20N2O4. The third-order valence-corrected chi connectivity index (χ3v) is 4.82. The SMILES string of the molecule is Cn1ccc(C(=O)N2CCC[C@H]2c2ccc3c(c2)OCCO3)cc1=O. The van der Waals surface area contributed by atoms with Gasteiger partial charge in [-0.1, -0.05) is 6.07 Å². The van der Waals surface area contributed by atoms with Crippen molar-refractivity contribution in [2.45, 2.75) is 18.9 Å². The fourth-order valence-electron chi connectivity index (χ4n) is 3.47. The van der Waals surface area contributed by atoms with Crippen molar-refractivity contribution < 1.29 is 14.3 Å². The molecule has 1 fully saturated rings. The smallest absolute Gasteiger partial charge is 0.254 e. The fraction of sp³-hybridized carbons (Fsp3) is 0.368. The van der Waals surface area contributed by atoms with Crippen LogP contribution in [0.1, 0.15) is 34.8 Å². The zero-order valence-corrected chi connectivity index (χ0v) is 14.1. The first-order valence-electron chi connectivity index (χ1n) is 8.51. The van der Waals surface area contributed by atoms with E-state index in [2.05, 4.69) is 0 Å². The van der Waals surface area contributed by atoms with Gasteiger partial charge in [0.25, 0.3) is 11.5 Å². The van der Waals surface area contributed by atoms with Crippen molar-refractivity contribution in [3.63, 3.8) is 0 Å². The second-order valence-electron chi connectivity index (χ2n) is 6.42. The molecule has 1 saturated heterocycles. The van der Waals surface area contributed by atoms with Gasteiger partial charge < -0.3 is 18.9 Å². The molecule has 1 atom stereocenters. The number of likely N-dealkylation sites (tertiary alicyclic amines) is 1. The van der Waals surface area contributed by atoms with Crippen molar-refractivity contribution >= 4 is 5.91 Å². The summed E-state index contributed by atoms with van der Waals surface area (Å²) in [7, 11) is 1.67. The maximum absolute atomic E-state index is 12.9. The Labute approximate surface area is 145 Å². The van der Waals surface area contributed by atoms with Crippen molar-refractivity contribution in [3.05, 3.63) is 58.0 Å². The number of hydrogen-bond donors (Lipinski definition) is 0. The number of hydrogen-bond acceptors (Lipinski definition) is 4. The van der Waals surface area contributed by atoms with Gasteiger partial charge in [-0.2, -0.15) is 0 Å². The molecule has 6 heteroatoms. The van der Waals surface area contributed by atoms with E-state index in [0.717, 1.165) is 29.9 Å². The molecule has 25 heavy (non-hydrogen) atoms. The summed E-state index contributed by atoms with van der Waals surface area (Å²) < 4.78 is 12.7. The van der Waals surface area contributed by atoms with E-state index in [9.17, 15) is 9.59 Å². The number of amides is 1. The number of carbonyl (C=O) groups excluding carboxylic acids is 1. The van der Waals surface area contributed by atoms with Gasteiger partial charge in [0.2, 0.25) is 0 Å². The summed E-state index contributed by atoms with van der Waals surface area (Å²) >= 11 is 0. The summed E-state index contributed by atoms with van der Waals surface area (Å²) in [4.78, 5) is 26.6. The molecule has 4 rings (SSSR count). The molecule has 0 radical (unpaired) electrons. The van der Waals surface area contributed by atoms with Crippen LogP contribution in [0.5, 0.6) is 11.5 Å². The first kappa shape index (κ1) is 15.7. The number of rotatable bonds is 2. The highest BCUT2D eigenvalue weighted by Gasteiger charge is 2.31. The topological polar surface area (TPSA) is 60.8 Å². The number of carbonyl (C=O) groups is 1. The van der Waals surface area contributed by atoms with Crippen LogP contribution in [-0.4, -0.2) is 35.1 Å². The van der Waals surface area contributed by atoms with Gasteiger partial charge in [-0.15, -0.1) is 0 Å². The molecule has 6 nitrogen and oxygen atoms in total. The predicted molar refractivity (Wildman–Crippen MR) is 92.1 cm³/mol. The van der Waals surface area contributed by atoms with Crippen LogP contribution in [0.3, 0.4) is 0 Å². The summed E-state index contributed by atoms with van der Waals surface area (Å²) in [6.45, 7) is 1.79. The highest BCUT2D eigenvalue weighted by atomic mass is 16.6. The number of ether oxygens (including phenoxy) is 2. The van der Waals surface area contributed by atoms with E-state index < -0.39 is 0 Å². The van der Waals surface area contributed by atoms with Gasteiger partial charge >= 0.3 is 0 Å². The minimum absolute atomic E-state index is 0.00705. The largest absolute Gasteiger partial charge is 0.486 e. The molecule has 0 saturated carbocycles. The molecule has 0 unspecified atom stereocenters. The average molecular weight is 340 g/mol. The van der Waals surface area contributed by atoms with Crippen molar-refractivity contribution in [1.29, 1.82) is 0 Å². The Bertz CT molecular complexity index is 874. The van der Waals surface area contributed by atoms with E-state index in [1.54, 1.807) is 19.3 Å². The maximum Gasteiger partial charge on any atom is 0.254 e. The summed E-state index contributed by atoms with van der Waals surface area (Å²) in [5, 5.41) is 0. The highest BCUT2D eigenvalue weighted by molar-refractivity contribution is 5.94. The Kier molecular flexibility index (Phi) is 3.95. The molecule has 0 bridgehead atoms. The van der Waals surface area contributed by atoms with Gasteiger partial charge in [-0.25, -0.2) is 0 Å². The molecule has 0 N–H and O–H groups in total. The summed E-state index contributed by atoms with van der Waals surface area (Å²) in [6.07, 6.45) is 3.47. The van der Waals surface area contributed by atoms with Gasteiger partial charge in [-0.05, 0) is 36.6 Å². The molecular weight excluding hydrogens is 320 g/mol. The van der Waals surface area contributed by atoms with Gasteiger partial charge in [-0.3, -0.25) is 9.59 Å². The highest BCUT2D eigenvalue weighted by Crippen LogP contribution is 2.38. The Morgan fingerprint density at radius 2 is 1.92 bits per heavy atom. The Morgan fingerprint density at radius 3 is 2.72 bits per heavy atom. The van der Waals surface area contributed by atoms with Crippen LogP contribution < -0.4 is 15.0 Å². The van der Waals surface area contributed by atoms with Crippen molar-refractivity contribution in [2.24, 2.45) is 7.05 Å². The lowest BCUT2D eigenvalue weighted by atomic mass is 10.0. The van der Waals surface area contributed by atoms with Gasteiger partial charge in [0.1, 0.15) is 13.2 Å². The van der Waals surface area contributed by atoms with Crippen LogP contribution in [0.2, 0.25) is 0 Å². The van der Waals surface area contributed by atoms with Gasteiger partial charge in [0.05, 0.1) is 6.04 Å². The van der Waals surface area contributed by atoms with Crippen LogP contribution >= 0.6 is 0 Å². The molecule has 0 spiro atoms. The lowest BCUT2D eigenvalue weighted by Gasteiger charge is -2.27. The number of nitrogens with zero attached hydrogens (tertiary/aromatic N) is 2. The van der Waals surface area contributed by atoms with Crippen molar-refractivity contribution in [1.82, 2.24) is 9.47 Å². The molecule has 130 valence electrons. The fourth-order valence-corrected chi connectivity index (χ4v) is 3.47. The Hall–Kier alpha value is -2.76. The zero-order chi connectivity index (χ0) is 17.4. The van der Waals surface area contributed by atoms with E-state index in [-0.39, 0.29) is 17.5 Å². The van der Waals surface area contributed by atoms with E-state index in [1.807, 2.05) is 23.1 Å². The molecule has 2 aliphatic heterocycles. The Morgan fingerprint density at radius 1 is 1.12 bits per heavy atom. The maximum atomic E-state index is 12.9. The minimum atomic E-state index is -0.180. The summed E-state index contributed by atoms with van der Waals surface area (Å²) in [5.74, 6) is 1.38. The van der Waals surface area contributed by atoms with Crippen LogP contribution in [0.15, 0.2) is 41.3 Å². The standard InChI is InChI=1S/C19H20N2O4/c1-20-8-6-14(12-18(20)22)19(23)21-7-2-3-15(21)13-4-5-16-17(11-13)25-10-9-24-16/h4-6,8,11-12,15H,2-3,7,9-10H2,1H3/t15-/m0/s1. The summed E-state index contributed by atoms with van der Waals surface area (Å²) in [6, 6.07) is 8.96. The average Bonchev–Trinajstić information content (AvgIpc) is 3.12. The summed E-state index contributed by atoms with van der Waals surface area (Å²) in [5.41, 5.74) is 1.30. The van der Waals surface area contributed by atoms with Crippen LogP contribution in [0.25, 0.3) is 0 Å². The quantitative estimate of drug-likeness (QED) is 0.840. The van der Waals surface area contributed by atoms with Crippen molar-refractivity contribution in [2.75, 3.05) is 19.8 Å². The first-order chi connectivity index (χ1) is 12.1. The van der Waals surface area contributed by atoms with E-state index in [1.165, 1.54) is 10.6 Å². The van der Waals surface area contributed by atoms with Gasteiger partial charge in [0.15, 0.2) is 11.5 Å². The van der Waals surface area contributed by atoms with Crippen molar-refractivity contribution in [3.8, 4) is 11.5 Å². The third-order valence-electron chi connectivity index (χ3n) is 4.82. The van der Waals surface area contributed by atoms with Crippen LogP contribution in [0, 0.1) is 0 Å². The zero-order valence-electron chi connectivity index (χ0n) is 14.1. The first-order valence-corrected chi connectivity index (χ1v) is 8.51. The Balaban J connectivity index is 1.63. The second kappa shape index (κ2) is 6.27. The predicted octanol–water partition coefficient (Wildman–Crippen LogP) is 2.13. The number of pyridine rings is 1. The molecule has 1 aromatic heterocycles. The molecule has 2 aliphatic rings. The number of aryl methyl sites for hydroxylation is 1. The number of aromatic nitrogens is 1. The minimum Gasteiger partial charge on any atom is -0.486 e. The monoisotopic (exact) mass is 340 g/mol. The molecule has 3 heterocycles. The normalized spacial score (nSPS) is 19.1. The van der Waals surface area contributed by atoms with Crippen LogP contribution in [0.4, 0.5) is 0 Å². The van der Waals surface area contributed by atoms with Crippen LogP contribution in [-0.2, 0) is 7.05 Å². The number of benzene rings is 1. The lowest BCUT2D eigenvalue weighted by Crippen LogP contribution is -2.32. The van der Waals surface area contributed by atoms with Gasteiger partial charge in [0, 0.05) is 31.4 Å². The molecule has 1 amide bonds. The number of fused-ring (bicyclic) bond motifs is 1.